The first-order chi connectivity index (χ1) is 16.9. The predicted molar refractivity (Wildman–Crippen MR) is 133 cm³/mol. The van der Waals surface area contributed by atoms with Crippen molar-refractivity contribution in [2.24, 2.45) is 0 Å². The molecule has 0 saturated carbocycles. The third kappa shape index (κ3) is 4.29. The van der Waals surface area contributed by atoms with Gasteiger partial charge in [0.1, 0.15) is 11.6 Å². The van der Waals surface area contributed by atoms with Crippen molar-refractivity contribution in [1.82, 2.24) is 9.55 Å². The van der Waals surface area contributed by atoms with E-state index in [1.807, 2.05) is 24.3 Å². The maximum absolute atomic E-state index is 12.9. The lowest BCUT2D eigenvalue weighted by Crippen LogP contribution is -2.21. The summed E-state index contributed by atoms with van der Waals surface area (Å²) in [6, 6.07) is 18.6. The Bertz CT molecular complexity index is 1570. The van der Waals surface area contributed by atoms with Crippen LogP contribution in [0.4, 0.5) is 5.69 Å². The summed E-state index contributed by atoms with van der Waals surface area (Å²) in [6.45, 7) is 0.498. The van der Waals surface area contributed by atoms with Crippen molar-refractivity contribution in [3.63, 3.8) is 0 Å². The third-order valence-corrected chi connectivity index (χ3v) is 5.93. The minimum atomic E-state index is -1.07. The van der Waals surface area contributed by atoms with Gasteiger partial charge >= 0.3 is 5.97 Å². The quantitative estimate of drug-likeness (QED) is 0.453. The number of hydrogen-bond donors (Lipinski definition) is 2. The fourth-order valence-electron chi connectivity index (χ4n) is 4.14. The van der Waals surface area contributed by atoms with Crippen LogP contribution in [-0.2, 0) is 6.54 Å². The van der Waals surface area contributed by atoms with Crippen molar-refractivity contribution >= 4 is 40.1 Å². The Kier molecular flexibility index (Phi) is 5.62. The summed E-state index contributed by atoms with van der Waals surface area (Å²) in [5, 5.41) is 12.6. The minimum Gasteiger partial charge on any atom is -0.497 e. The number of aromatic nitrogens is 2. The molecule has 0 bridgehead atoms. The third-order valence-electron chi connectivity index (χ3n) is 5.93. The zero-order valence-electron chi connectivity index (χ0n) is 18.8. The summed E-state index contributed by atoms with van der Waals surface area (Å²) in [7, 11) is 1.57. The molecule has 2 heterocycles. The molecule has 3 aromatic carbocycles. The Balaban J connectivity index is 1.44. The number of hydrogen-bond acceptors (Lipinski definition) is 5. The van der Waals surface area contributed by atoms with Gasteiger partial charge in [0.05, 0.1) is 23.6 Å². The molecule has 0 atom stereocenters. The van der Waals surface area contributed by atoms with Gasteiger partial charge in [0, 0.05) is 17.8 Å². The first-order valence-electron chi connectivity index (χ1n) is 11.0. The van der Waals surface area contributed by atoms with E-state index in [4.69, 9.17) is 4.74 Å². The first kappa shape index (κ1) is 22.1. The summed E-state index contributed by atoms with van der Waals surface area (Å²) in [4.78, 5) is 41.5. The Morgan fingerprint density at radius 1 is 1.06 bits per heavy atom. The van der Waals surface area contributed by atoms with Gasteiger partial charge in [-0.3, -0.25) is 14.2 Å². The van der Waals surface area contributed by atoms with Gasteiger partial charge in [-0.2, -0.15) is 0 Å². The zero-order valence-corrected chi connectivity index (χ0v) is 18.8. The van der Waals surface area contributed by atoms with Gasteiger partial charge in [0.25, 0.3) is 11.5 Å². The monoisotopic (exact) mass is 467 g/mol. The maximum Gasteiger partial charge on any atom is 0.335 e. The number of ether oxygens (including phenoxy) is 1. The number of nitrogens with zero attached hydrogens (tertiary/aromatic N) is 2. The number of benzene rings is 3. The van der Waals surface area contributed by atoms with E-state index in [1.54, 1.807) is 42.0 Å². The van der Waals surface area contributed by atoms with Crippen molar-refractivity contribution in [3.8, 4) is 5.75 Å². The molecule has 35 heavy (non-hydrogen) atoms. The first-order valence-corrected chi connectivity index (χ1v) is 11.0. The van der Waals surface area contributed by atoms with E-state index >= 15 is 0 Å². The van der Waals surface area contributed by atoms with Crippen LogP contribution in [-0.4, -0.2) is 33.6 Å². The van der Waals surface area contributed by atoms with Crippen LogP contribution in [0.2, 0.25) is 0 Å². The average molecular weight is 467 g/mol. The second kappa shape index (κ2) is 8.90. The summed E-state index contributed by atoms with van der Waals surface area (Å²) >= 11 is 0. The normalized spacial score (nSPS) is 13.6. The highest BCUT2D eigenvalue weighted by Crippen LogP contribution is 2.28. The molecule has 5 rings (SSSR count). The van der Waals surface area contributed by atoms with Crippen LogP contribution >= 0.6 is 0 Å². The second-order valence-electron chi connectivity index (χ2n) is 8.16. The number of carbonyl (C=O) groups excluding carboxylic acids is 1. The Morgan fingerprint density at radius 2 is 1.83 bits per heavy atom. The van der Waals surface area contributed by atoms with Crippen molar-refractivity contribution in [2.75, 3.05) is 12.4 Å². The van der Waals surface area contributed by atoms with Crippen LogP contribution in [0.15, 0.2) is 71.5 Å². The van der Waals surface area contributed by atoms with E-state index in [9.17, 15) is 19.5 Å². The van der Waals surface area contributed by atoms with Gasteiger partial charge in [-0.05, 0) is 78.2 Å². The molecule has 8 nitrogen and oxygen atoms in total. The summed E-state index contributed by atoms with van der Waals surface area (Å²) in [6.07, 6.45) is 2.55. The predicted octanol–water partition coefficient (Wildman–Crippen LogP) is 4.30. The van der Waals surface area contributed by atoms with Gasteiger partial charge in [-0.25, -0.2) is 9.78 Å². The molecule has 4 aromatic rings. The van der Waals surface area contributed by atoms with E-state index in [0.29, 0.717) is 46.7 Å². The van der Waals surface area contributed by atoms with Gasteiger partial charge < -0.3 is 15.2 Å². The number of aromatic carboxylic acids is 1. The molecule has 0 radical (unpaired) electrons. The largest absolute Gasteiger partial charge is 0.497 e. The Morgan fingerprint density at radius 3 is 2.57 bits per heavy atom. The molecule has 0 fully saturated rings. The maximum atomic E-state index is 12.9. The van der Waals surface area contributed by atoms with Crippen LogP contribution in [0, 0.1) is 0 Å². The number of carboxylic acids is 1. The van der Waals surface area contributed by atoms with E-state index in [1.165, 1.54) is 18.2 Å². The van der Waals surface area contributed by atoms with E-state index < -0.39 is 5.97 Å². The summed E-state index contributed by atoms with van der Waals surface area (Å²) in [5.74, 6) is -0.111. The van der Waals surface area contributed by atoms with E-state index in [-0.39, 0.29) is 17.0 Å². The average Bonchev–Trinajstić information content (AvgIpc) is 3.26. The van der Waals surface area contributed by atoms with Crippen LogP contribution in [0.3, 0.4) is 0 Å². The van der Waals surface area contributed by atoms with Crippen molar-refractivity contribution in [1.29, 1.82) is 0 Å². The smallest absolute Gasteiger partial charge is 0.335 e. The van der Waals surface area contributed by atoms with Crippen LogP contribution < -0.4 is 15.6 Å². The van der Waals surface area contributed by atoms with Crippen LogP contribution in [0.1, 0.15) is 38.5 Å². The number of amides is 1. The second-order valence-corrected chi connectivity index (χ2v) is 8.16. The minimum absolute atomic E-state index is 0.0816. The molecular formula is C27H21N3O5. The van der Waals surface area contributed by atoms with Gasteiger partial charge in [-0.1, -0.05) is 12.1 Å². The van der Waals surface area contributed by atoms with Gasteiger partial charge in [-0.15, -0.1) is 0 Å². The SMILES string of the molecule is COc1ccc(C(=O)Nc2cccc(/C=C3\CCn4c3nc3cc(C(=O)O)ccc3c4=O)c2)cc1. The molecule has 0 saturated heterocycles. The van der Waals surface area contributed by atoms with Gasteiger partial charge in [0.2, 0.25) is 0 Å². The molecule has 1 aliphatic rings. The fraction of sp³-hybridized carbons (Fsp3) is 0.111. The Labute approximate surface area is 200 Å². The number of methoxy groups -OCH3 is 1. The number of allylic oxidation sites excluding steroid dienone is 1. The lowest BCUT2D eigenvalue weighted by molar-refractivity contribution is 0.0696. The standard InChI is InChI=1S/C27H21N3O5/c1-35-21-8-5-17(6-9-21)25(31)28-20-4-2-3-16(14-20)13-18-11-12-30-24(18)29-23-15-19(27(33)34)7-10-22(23)26(30)32/h2-10,13-15H,11-12H2,1H3,(H,28,31)(H,33,34)/b18-13+. The lowest BCUT2D eigenvalue weighted by Gasteiger charge is -2.08. The number of carboxylic acid groups (broad SMARTS) is 1. The molecule has 1 amide bonds. The lowest BCUT2D eigenvalue weighted by atomic mass is 10.1. The number of carbonyl (C=O) groups is 2. The summed E-state index contributed by atoms with van der Waals surface area (Å²) in [5.41, 5.74) is 3.10. The Hall–Kier alpha value is -4.72. The number of anilines is 1. The molecule has 0 unspecified atom stereocenters. The molecule has 2 N–H and O–H groups in total. The topological polar surface area (TPSA) is 111 Å². The van der Waals surface area contributed by atoms with E-state index in [0.717, 1.165) is 11.1 Å². The molecule has 1 aromatic heterocycles. The van der Waals surface area contributed by atoms with Gasteiger partial charge in [0.15, 0.2) is 0 Å². The molecule has 0 spiro atoms. The molecular weight excluding hydrogens is 446 g/mol. The highest BCUT2D eigenvalue weighted by molar-refractivity contribution is 6.04. The van der Waals surface area contributed by atoms with Crippen LogP contribution in [0.25, 0.3) is 22.6 Å². The zero-order chi connectivity index (χ0) is 24.5. The highest BCUT2D eigenvalue weighted by atomic mass is 16.5. The fourth-order valence-corrected chi connectivity index (χ4v) is 4.14. The van der Waals surface area contributed by atoms with E-state index in [2.05, 4.69) is 10.3 Å². The van der Waals surface area contributed by atoms with Crippen molar-refractivity contribution < 1.29 is 19.4 Å². The highest BCUT2D eigenvalue weighted by Gasteiger charge is 2.21. The molecule has 174 valence electrons. The summed E-state index contributed by atoms with van der Waals surface area (Å²) < 4.78 is 6.74. The number of rotatable bonds is 5. The van der Waals surface area contributed by atoms with Crippen LogP contribution in [0.5, 0.6) is 5.75 Å². The molecule has 0 aliphatic carbocycles. The number of nitrogens with one attached hydrogen (secondary N) is 1. The van der Waals surface area contributed by atoms with Crippen molar-refractivity contribution in [2.45, 2.75) is 13.0 Å². The molecule has 1 aliphatic heterocycles. The number of fused-ring (bicyclic) bond motifs is 2. The molecule has 8 heteroatoms. The van der Waals surface area contributed by atoms with Crippen molar-refractivity contribution in [3.05, 3.63) is 99.6 Å².